The molecule has 0 saturated carbocycles. The Hall–Kier alpha value is -2.58. The molecule has 0 spiro atoms. The number of hydrogen-bond donors (Lipinski definition) is 3. The van der Waals surface area contributed by atoms with Crippen LogP contribution in [0.2, 0.25) is 0 Å². The molecule has 2 aromatic carbocycles. The van der Waals surface area contributed by atoms with Crippen LogP contribution in [0.4, 0.5) is 5.69 Å². The van der Waals surface area contributed by atoms with Gasteiger partial charge in [-0.05, 0) is 65.1 Å². The molecule has 1 aliphatic rings. The number of nitrogens with zero attached hydrogens (tertiary/aromatic N) is 1. The fourth-order valence-electron chi connectivity index (χ4n) is 4.09. The van der Waals surface area contributed by atoms with Crippen LogP contribution in [0.5, 0.6) is 5.75 Å². The number of nitrogens with one attached hydrogen (secondary N) is 3. The second kappa shape index (κ2) is 9.06. The van der Waals surface area contributed by atoms with Gasteiger partial charge in [0, 0.05) is 10.5 Å². The van der Waals surface area contributed by atoms with Gasteiger partial charge in [0.1, 0.15) is 5.75 Å². The Bertz CT molecular complexity index is 1090. The average Bonchev–Trinajstić information content (AvgIpc) is 2.93. The molecule has 7 nitrogen and oxygen atoms in total. The molecule has 3 N–H and O–H groups in total. The average molecular weight is 473 g/mol. The minimum Gasteiger partial charge on any atom is -0.497 e. The number of aromatic amines is 2. The molecule has 1 saturated heterocycles. The molecular weight excluding hydrogens is 448 g/mol. The molecule has 1 fully saturated rings. The van der Waals surface area contributed by atoms with Crippen LogP contribution < -0.4 is 15.7 Å². The number of H-pyrrole nitrogens is 2. The Balaban J connectivity index is 1.50. The number of amides is 1. The molecule has 1 unspecified atom stereocenters. The van der Waals surface area contributed by atoms with E-state index in [1.807, 2.05) is 12.1 Å². The van der Waals surface area contributed by atoms with Crippen LogP contribution in [0.15, 0.2) is 45.7 Å². The molecule has 0 radical (unpaired) electrons. The first-order valence-electron chi connectivity index (χ1n) is 10.1. The van der Waals surface area contributed by atoms with E-state index in [0.717, 1.165) is 36.0 Å². The summed E-state index contributed by atoms with van der Waals surface area (Å²) in [7, 11) is 1.66. The minimum atomic E-state index is -0.271. The number of aromatic nitrogens is 2. The van der Waals surface area contributed by atoms with Gasteiger partial charge in [0.25, 0.3) is 0 Å². The molecule has 4 rings (SSSR count). The summed E-state index contributed by atoms with van der Waals surface area (Å²) in [6, 6.07) is 11.9. The van der Waals surface area contributed by atoms with Crippen LogP contribution in [0.25, 0.3) is 11.0 Å². The van der Waals surface area contributed by atoms with Gasteiger partial charge >= 0.3 is 5.69 Å². The van der Waals surface area contributed by atoms with E-state index in [-0.39, 0.29) is 17.6 Å². The third-order valence-electron chi connectivity index (χ3n) is 5.59. The summed E-state index contributed by atoms with van der Waals surface area (Å²) in [5.74, 6) is 0.757. The quantitative estimate of drug-likeness (QED) is 0.519. The van der Waals surface area contributed by atoms with Crippen LogP contribution >= 0.6 is 15.9 Å². The van der Waals surface area contributed by atoms with Crippen molar-refractivity contribution >= 4 is 38.6 Å². The maximum Gasteiger partial charge on any atom is 0.323 e. The topological polar surface area (TPSA) is 90.2 Å². The van der Waals surface area contributed by atoms with Gasteiger partial charge in [-0.3, -0.25) is 9.69 Å². The van der Waals surface area contributed by atoms with Gasteiger partial charge in [0.15, 0.2) is 0 Å². The van der Waals surface area contributed by atoms with E-state index in [2.05, 4.69) is 48.2 Å². The Morgan fingerprint density at radius 2 is 1.90 bits per heavy atom. The van der Waals surface area contributed by atoms with Crippen LogP contribution in [-0.2, 0) is 4.79 Å². The zero-order chi connectivity index (χ0) is 21.1. The third kappa shape index (κ3) is 4.60. The van der Waals surface area contributed by atoms with Gasteiger partial charge < -0.3 is 20.0 Å². The fraction of sp³-hybridized carbons (Fsp3) is 0.364. The third-order valence-corrected chi connectivity index (χ3v) is 6.24. The summed E-state index contributed by atoms with van der Waals surface area (Å²) >= 11 is 3.48. The smallest absolute Gasteiger partial charge is 0.323 e. The number of benzene rings is 2. The highest BCUT2D eigenvalue weighted by molar-refractivity contribution is 9.10. The maximum absolute atomic E-state index is 12.9. The molecule has 3 aromatic rings. The van der Waals surface area contributed by atoms with Crippen LogP contribution in [0.1, 0.15) is 37.3 Å². The molecule has 1 amide bonds. The van der Waals surface area contributed by atoms with E-state index in [4.69, 9.17) is 4.74 Å². The first-order valence-corrected chi connectivity index (χ1v) is 10.9. The lowest BCUT2D eigenvalue weighted by atomic mass is 10.0. The molecule has 8 heteroatoms. The summed E-state index contributed by atoms with van der Waals surface area (Å²) in [6.07, 6.45) is 4.44. The van der Waals surface area contributed by atoms with Gasteiger partial charge in [-0.25, -0.2) is 4.79 Å². The highest BCUT2D eigenvalue weighted by Crippen LogP contribution is 2.31. The fourth-order valence-corrected chi connectivity index (χ4v) is 4.53. The highest BCUT2D eigenvalue weighted by atomic mass is 79.9. The molecule has 1 aliphatic heterocycles. The lowest BCUT2D eigenvalue weighted by molar-refractivity contribution is -0.117. The largest absolute Gasteiger partial charge is 0.497 e. The van der Waals surface area contributed by atoms with E-state index in [9.17, 15) is 9.59 Å². The molecule has 1 atom stereocenters. The van der Waals surface area contributed by atoms with Crippen molar-refractivity contribution in [1.29, 1.82) is 0 Å². The second-order valence-corrected chi connectivity index (χ2v) is 8.47. The first-order chi connectivity index (χ1) is 14.5. The monoisotopic (exact) mass is 472 g/mol. The molecule has 2 heterocycles. The predicted octanol–water partition coefficient (Wildman–Crippen LogP) is 4.18. The molecular formula is C22H25BrN4O3. The molecule has 0 aliphatic carbocycles. The Kier molecular flexibility index (Phi) is 6.24. The molecule has 0 bridgehead atoms. The van der Waals surface area contributed by atoms with Crippen molar-refractivity contribution in [2.24, 2.45) is 0 Å². The zero-order valence-electron chi connectivity index (χ0n) is 16.8. The van der Waals surface area contributed by atoms with Crippen LogP contribution in [0.3, 0.4) is 0 Å². The van der Waals surface area contributed by atoms with Crippen molar-refractivity contribution < 1.29 is 9.53 Å². The Morgan fingerprint density at radius 3 is 2.63 bits per heavy atom. The van der Waals surface area contributed by atoms with E-state index < -0.39 is 0 Å². The Labute approximate surface area is 182 Å². The summed E-state index contributed by atoms with van der Waals surface area (Å²) in [5.41, 5.74) is 2.92. The first kappa shape index (κ1) is 20.7. The number of methoxy groups -OCH3 is 1. The number of anilines is 1. The van der Waals surface area contributed by atoms with Gasteiger partial charge in [-0.2, -0.15) is 0 Å². The number of rotatable bonds is 5. The summed E-state index contributed by atoms with van der Waals surface area (Å²) in [6.45, 7) is 1.19. The molecule has 1 aromatic heterocycles. The standard InChI is InChI=1S/C22H25BrN4O3/c1-30-15-8-6-14(7-9-15)20-5-3-2-4-10-27(20)13-21(28)24-17-12-19-18(11-16(17)23)25-22(29)26-19/h6-9,11-12,20H,2-5,10,13H2,1H3,(H,24,28)(H2,25,26,29). The summed E-state index contributed by atoms with van der Waals surface area (Å²) in [4.78, 5) is 32.1. The van der Waals surface area contributed by atoms with E-state index in [1.54, 1.807) is 19.2 Å². The van der Waals surface area contributed by atoms with Gasteiger partial charge in [-0.15, -0.1) is 0 Å². The summed E-state index contributed by atoms with van der Waals surface area (Å²) in [5, 5.41) is 2.99. The van der Waals surface area contributed by atoms with E-state index >= 15 is 0 Å². The van der Waals surface area contributed by atoms with E-state index in [0.29, 0.717) is 23.3 Å². The van der Waals surface area contributed by atoms with Crippen molar-refractivity contribution in [3.63, 3.8) is 0 Å². The van der Waals surface area contributed by atoms with Crippen LogP contribution in [0, 0.1) is 0 Å². The van der Waals surface area contributed by atoms with Crippen molar-refractivity contribution in [3.8, 4) is 5.75 Å². The molecule has 30 heavy (non-hydrogen) atoms. The number of carbonyl (C=O) groups excluding carboxylic acids is 1. The number of ether oxygens (including phenoxy) is 1. The minimum absolute atomic E-state index is 0.0756. The van der Waals surface area contributed by atoms with Gasteiger partial charge in [0.05, 0.1) is 30.4 Å². The van der Waals surface area contributed by atoms with Gasteiger partial charge in [0.2, 0.25) is 5.91 Å². The number of hydrogen-bond acceptors (Lipinski definition) is 4. The van der Waals surface area contributed by atoms with Gasteiger partial charge in [-0.1, -0.05) is 25.0 Å². The van der Waals surface area contributed by atoms with Crippen molar-refractivity contribution in [2.75, 3.05) is 25.5 Å². The lowest BCUT2D eigenvalue weighted by Crippen LogP contribution is -2.36. The number of carbonyl (C=O) groups is 1. The SMILES string of the molecule is COc1ccc(C2CCCCCN2CC(=O)Nc2cc3[nH]c(=O)[nH]c3cc2Br)cc1. The number of fused-ring (bicyclic) bond motifs is 1. The second-order valence-electron chi connectivity index (χ2n) is 7.61. The normalized spacial score (nSPS) is 17.6. The maximum atomic E-state index is 12.9. The van der Waals surface area contributed by atoms with Crippen molar-refractivity contribution in [2.45, 2.75) is 31.7 Å². The molecule has 158 valence electrons. The van der Waals surface area contributed by atoms with Crippen LogP contribution in [-0.4, -0.2) is 41.0 Å². The lowest BCUT2D eigenvalue weighted by Gasteiger charge is -2.30. The van der Waals surface area contributed by atoms with E-state index in [1.165, 1.54) is 12.0 Å². The highest BCUT2D eigenvalue weighted by Gasteiger charge is 2.25. The van der Waals surface area contributed by atoms with Crippen molar-refractivity contribution in [3.05, 3.63) is 56.9 Å². The number of halogens is 1. The zero-order valence-corrected chi connectivity index (χ0v) is 18.4. The number of likely N-dealkylation sites (tertiary alicyclic amines) is 1. The number of imidazole rings is 1. The predicted molar refractivity (Wildman–Crippen MR) is 121 cm³/mol. The summed E-state index contributed by atoms with van der Waals surface area (Å²) < 4.78 is 6.00. The van der Waals surface area contributed by atoms with Crippen molar-refractivity contribution in [1.82, 2.24) is 14.9 Å². The Morgan fingerprint density at radius 1 is 1.17 bits per heavy atom.